The topological polar surface area (TPSA) is 79.3 Å². The second kappa shape index (κ2) is 6.99. The summed E-state index contributed by atoms with van der Waals surface area (Å²) in [6, 6.07) is 6.71. The minimum atomic E-state index is -1.06. The van der Waals surface area contributed by atoms with Gasteiger partial charge in [0.15, 0.2) is 0 Å². The standard InChI is InChI=1S/C15H16N2O3S/c1-2-4-11(13-5-3-8-21-13)17-14(18)12-7-6-10(9-16-12)15(19)20/h3,5-9,11H,2,4H2,1H3,(H,17,18)(H,19,20). The number of carboxylic acid groups (broad SMARTS) is 1. The van der Waals surface area contributed by atoms with Crippen LogP contribution in [0.15, 0.2) is 35.8 Å². The van der Waals surface area contributed by atoms with Gasteiger partial charge in [0.05, 0.1) is 11.6 Å². The van der Waals surface area contributed by atoms with Crippen LogP contribution >= 0.6 is 11.3 Å². The van der Waals surface area contributed by atoms with Gasteiger partial charge in [-0.3, -0.25) is 9.78 Å². The lowest BCUT2D eigenvalue weighted by Gasteiger charge is -2.16. The highest BCUT2D eigenvalue weighted by Crippen LogP contribution is 2.23. The molecule has 2 rings (SSSR count). The summed E-state index contributed by atoms with van der Waals surface area (Å²) < 4.78 is 0. The zero-order chi connectivity index (χ0) is 15.2. The van der Waals surface area contributed by atoms with Gasteiger partial charge in [-0.05, 0) is 30.0 Å². The van der Waals surface area contributed by atoms with Gasteiger partial charge in [0.25, 0.3) is 5.91 Å². The highest BCUT2D eigenvalue weighted by atomic mass is 32.1. The Kier molecular flexibility index (Phi) is 5.05. The number of nitrogens with zero attached hydrogens (tertiary/aromatic N) is 1. The second-order valence-electron chi connectivity index (χ2n) is 4.57. The fraction of sp³-hybridized carbons (Fsp3) is 0.267. The molecule has 1 unspecified atom stereocenters. The number of carboxylic acids is 1. The summed E-state index contributed by atoms with van der Waals surface area (Å²) in [5.41, 5.74) is 0.285. The molecule has 0 aliphatic heterocycles. The van der Waals surface area contributed by atoms with Crippen LogP contribution in [0.4, 0.5) is 0 Å². The number of carbonyl (C=O) groups excluding carboxylic acids is 1. The molecule has 0 radical (unpaired) electrons. The minimum absolute atomic E-state index is 0.0385. The lowest BCUT2D eigenvalue weighted by molar-refractivity contribution is 0.0695. The van der Waals surface area contributed by atoms with Crippen LogP contribution in [0.3, 0.4) is 0 Å². The van der Waals surface area contributed by atoms with Gasteiger partial charge in [-0.2, -0.15) is 0 Å². The number of aromatic nitrogens is 1. The van der Waals surface area contributed by atoms with Crippen LogP contribution in [0.5, 0.6) is 0 Å². The molecule has 0 fully saturated rings. The van der Waals surface area contributed by atoms with Crippen molar-refractivity contribution in [3.8, 4) is 0 Å². The average molecular weight is 304 g/mol. The Balaban J connectivity index is 2.10. The number of carbonyl (C=O) groups is 2. The molecule has 2 aromatic rings. The number of hydrogen-bond acceptors (Lipinski definition) is 4. The van der Waals surface area contributed by atoms with E-state index in [1.807, 2.05) is 17.5 Å². The molecule has 0 spiro atoms. The van der Waals surface area contributed by atoms with E-state index in [1.165, 1.54) is 18.3 Å². The number of hydrogen-bond donors (Lipinski definition) is 2. The molecule has 21 heavy (non-hydrogen) atoms. The van der Waals surface area contributed by atoms with E-state index < -0.39 is 5.97 Å². The van der Waals surface area contributed by atoms with Crippen LogP contribution in [0.1, 0.15) is 51.5 Å². The normalized spacial score (nSPS) is 11.9. The van der Waals surface area contributed by atoms with Crippen molar-refractivity contribution in [1.29, 1.82) is 0 Å². The third kappa shape index (κ3) is 3.88. The third-order valence-corrected chi connectivity index (χ3v) is 4.00. The van der Waals surface area contributed by atoms with Gasteiger partial charge in [0, 0.05) is 11.1 Å². The lowest BCUT2D eigenvalue weighted by Crippen LogP contribution is -2.28. The Morgan fingerprint density at radius 1 is 1.38 bits per heavy atom. The summed E-state index contributed by atoms with van der Waals surface area (Å²) in [5.74, 6) is -1.35. The van der Waals surface area contributed by atoms with Gasteiger partial charge >= 0.3 is 5.97 Å². The molecule has 0 aliphatic rings. The van der Waals surface area contributed by atoms with Crippen molar-refractivity contribution in [2.24, 2.45) is 0 Å². The largest absolute Gasteiger partial charge is 0.478 e. The van der Waals surface area contributed by atoms with E-state index in [4.69, 9.17) is 5.11 Å². The van der Waals surface area contributed by atoms with Crippen LogP contribution < -0.4 is 5.32 Å². The predicted octanol–water partition coefficient (Wildman–Crippen LogP) is 3.11. The summed E-state index contributed by atoms with van der Waals surface area (Å²) in [7, 11) is 0. The fourth-order valence-corrected chi connectivity index (χ4v) is 2.76. The minimum Gasteiger partial charge on any atom is -0.478 e. The molecule has 1 amide bonds. The first kappa shape index (κ1) is 15.2. The SMILES string of the molecule is CCCC(NC(=O)c1ccc(C(=O)O)cn1)c1cccs1. The second-order valence-corrected chi connectivity index (χ2v) is 5.55. The maximum absolute atomic E-state index is 12.2. The van der Waals surface area contributed by atoms with Gasteiger partial charge < -0.3 is 10.4 Å². The van der Waals surface area contributed by atoms with E-state index in [9.17, 15) is 9.59 Å². The Morgan fingerprint density at radius 3 is 2.71 bits per heavy atom. The smallest absolute Gasteiger partial charge is 0.337 e. The molecule has 0 bridgehead atoms. The molecule has 0 saturated carbocycles. The maximum Gasteiger partial charge on any atom is 0.337 e. The number of rotatable bonds is 6. The molecule has 6 heteroatoms. The van der Waals surface area contributed by atoms with Gasteiger partial charge in [0.2, 0.25) is 0 Å². The molecular formula is C15H16N2O3S. The van der Waals surface area contributed by atoms with Crippen molar-refractivity contribution in [3.63, 3.8) is 0 Å². The Morgan fingerprint density at radius 2 is 2.19 bits per heavy atom. The van der Waals surface area contributed by atoms with Crippen molar-refractivity contribution in [3.05, 3.63) is 52.0 Å². The van der Waals surface area contributed by atoms with Crippen molar-refractivity contribution in [2.75, 3.05) is 0 Å². The monoisotopic (exact) mass is 304 g/mol. The number of pyridine rings is 1. The summed E-state index contributed by atoms with van der Waals surface area (Å²) in [4.78, 5) is 28.0. The summed E-state index contributed by atoms with van der Waals surface area (Å²) in [6.45, 7) is 2.06. The number of thiophene rings is 1. The Bertz CT molecular complexity index is 608. The van der Waals surface area contributed by atoms with Gasteiger partial charge in [-0.25, -0.2) is 4.79 Å². The van der Waals surface area contributed by atoms with E-state index in [0.29, 0.717) is 0 Å². The maximum atomic E-state index is 12.2. The quantitative estimate of drug-likeness (QED) is 0.859. The molecule has 2 N–H and O–H groups in total. The van der Waals surface area contributed by atoms with E-state index >= 15 is 0 Å². The molecule has 2 heterocycles. The van der Waals surface area contributed by atoms with Crippen molar-refractivity contribution < 1.29 is 14.7 Å². The molecule has 0 aromatic carbocycles. The first-order valence-electron chi connectivity index (χ1n) is 6.65. The van der Waals surface area contributed by atoms with Crippen molar-refractivity contribution in [2.45, 2.75) is 25.8 Å². The van der Waals surface area contributed by atoms with E-state index in [2.05, 4.69) is 17.2 Å². The highest BCUT2D eigenvalue weighted by molar-refractivity contribution is 7.10. The van der Waals surface area contributed by atoms with Gasteiger partial charge in [-0.15, -0.1) is 11.3 Å². The zero-order valence-corrected chi connectivity index (χ0v) is 12.4. The third-order valence-electron chi connectivity index (χ3n) is 3.01. The molecule has 0 aliphatic carbocycles. The van der Waals surface area contributed by atoms with E-state index in [1.54, 1.807) is 11.3 Å². The van der Waals surface area contributed by atoms with E-state index in [-0.39, 0.29) is 23.2 Å². The fourth-order valence-electron chi connectivity index (χ4n) is 1.95. The molecular weight excluding hydrogens is 288 g/mol. The lowest BCUT2D eigenvalue weighted by atomic mass is 10.1. The van der Waals surface area contributed by atoms with Crippen LogP contribution in [0.2, 0.25) is 0 Å². The molecule has 110 valence electrons. The first-order chi connectivity index (χ1) is 10.1. The van der Waals surface area contributed by atoms with E-state index in [0.717, 1.165) is 17.7 Å². The Hall–Kier alpha value is -2.21. The van der Waals surface area contributed by atoms with Crippen LogP contribution in [-0.2, 0) is 0 Å². The highest BCUT2D eigenvalue weighted by Gasteiger charge is 2.17. The summed E-state index contributed by atoms with van der Waals surface area (Å²) >= 11 is 1.60. The zero-order valence-electron chi connectivity index (χ0n) is 11.6. The molecule has 2 aromatic heterocycles. The average Bonchev–Trinajstić information content (AvgIpc) is 3.01. The predicted molar refractivity (Wildman–Crippen MR) is 80.6 cm³/mol. The van der Waals surface area contributed by atoms with Crippen molar-refractivity contribution >= 4 is 23.2 Å². The molecule has 0 saturated heterocycles. The number of aromatic carboxylic acids is 1. The number of nitrogens with one attached hydrogen (secondary N) is 1. The van der Waals surface area contributed by atoms with Gasteiger partial charge in [0.1, 0.15) is 5.69 Å². The number of amides is 1. The summed E-state index contributed by atoms with van der Waals surface area (Å²) in [5, 5.41) is 13.7. The van der Waals surface area contributed by atoms with Crippen LogP contribution in [0, 0.1) is 0 Å². The van der Waals surface area contributed by atoms with Crippen molar-refractivity contribution in [1.82, 2.24) is 10.3 Å². The first-order valence-corrected chi connectivity index (χ1v) is 7.53. The summed E-state index contributed by atoms with van der Waals surface area (Å²) in [6.07, 6.45) is 2.99. The molecule has 5 nitrogen and oxygen atoms in total. The Labute approximate surface area is 126 Å². The van der Waals surface area contributed by atoms with Gasteiger partial charge in [-0.1, -0.05) is 19.4 Å². The van der Waals surface area contributed by atoms with Crippen LogP contribution in [0.25, 0.3) is 0 Å². The van der Waals surface area contributed by atoms with Crippen LogP contribution in [-0.4, -0.2) is 22.0 Å². The molecule has 1 atom stereocenters.